The van der Waals surface area contributed by atoms with Crippen LogP contribution in [0.3, 0.4) is 0 Å². The minimum Gasteiger partial charge on any atom is -0.492 e. The van der Waals surface area contributed by atoms with Crippen LogP contribution < -0.4 is 28.4 Å². The molecule has 0 aliphatic carbocycles. The summed E-state index contributed by atoms with van der Waals surface area (Å²) in [4.78, 5) is 48.4. The van der Waals surface area contributed by atoms with Gasteiger partial charge in [0.15, 0.2) is 11.5 Å². The Kier molecular flexibility index (Phi) is 28.9. The molecule has 2 fully saturated rings. The number of pyridine rings is 10. The van der Waals surface area contributed by atoms with Gasteiger partial charge in [-0.1, -0.05) is 79.2 Å². The summed E-state index contributed by atoms with van der Waals surface area (Å²) in [7, 11) is 0. The van der Waals surface area contributed by atoms with Gasteiger partial charge in [0.25, 0.3) is 0 Å². The summed E-state index contributed by atoms with van der Waals surface area (Å²) >= 11 is 3.27. The largest absolute Gasteiger partial charge is 0.492 e. The van der Waals surface area contributed by atoms with E-state index in [1.165, 1.54) is 38.5 Å². The third-order valence-electron chi connectivity index (χ3n) is 25.0. The van der Waals surface area contributed by atoms with Crippen LogP contribution in [0.2, 0.25) is 0 Å². The zero-order valence-corrected chi connectivity index (χ0v) is 81.0. The lowest BCUT2D eigenvalue weighted by Crippen LogP contribution is -2.38. The molecule has 0 saturated carbocycles. The van der Waals surface area contributed by atoms with Crippen molar-refractivity contribution >= 4 is 55.1 Å². The van der Waals surface area contributed by atoms with E-state index in [2.05, 4.69) is 233 Å². The zero-order chi connectivity index (χ0) is 96.6. The second-order valence-corrected chi connectivity index (χ2v) is 36.1. The molecular formula is C116H105BrFN17O7. The van der Waals surface area contributed by atoms with Gasteiger partial charge in [0.05, 0.1) is 94.9 Å². The fourth-order valence-corrected chi connectivity index (χ4v) is 18.3. The average Bonchev–Trinajstić information content (AvgIpc) is 1.60. The lowest BCUT2D eigenvalue weighted by atomic mass is 10.1. The Balaban J connectivity index is 0.000000109. The van der Waals surface area contributed by atoms with Gasteiger partial charge >= 0.3 is 0 Å². The van der Waals surface area contributed by atoms with Crippen LogP contribution in [0, 0.1) is 12.9 Å². The predicted octanol–water partition coefficient (Wildman–Crippen LogP) is 24.6. The first kappa shape index (κ1) is 93.5. The van der Waals surface area contributed by atoms with Gasteiger partial charge in [0.2, 0.25) is 5.95 Å². The Morgan fingerprint density at radius 3 is 1.18 bits per heavy atom. The van der Waals surface area contributed by atoms with Crippen LogP contribution in [0.4, 0.5) is 4.39 Å². The minimum absolute atomic E-state index is 0.146. The van der Waals surface area contributed by atoms with Crippen molar-refractivity contribution in [2.24, 2.45) is 0 Å². The van der Waals surface area contributed by atoms with Crippen molar-refractivity contribution < 1.29 is 37.5 Å². The molecule has 3 aliphatic heterocycles. The van der Waals surface area contributed by atoms with Gasteiger partial charge in [-0.15, -0.1) is 0 Å². The van der Waals surface area contributed by atoms with Crippen molar-refractivity contribution in [3.63, 3.8) is 0 Å². The number of fused-ring (bicyclic) bond motifs is 7. The number of hydrogen-bond donors (Lipinski definition) is 0. The Morgan fingerprint density at radius 2 is 0.711 bits per heavy atom. The smallest absolute Gasteiger partial charge is 0.227 e. The number of halogens is 2. The molecule has 0 spiro atoms. The monoisotopic (exact) mass is 1950 g/mol. The SMILES string of the molecule is CC(C)Oc1ccc(-c2ccn3c(-c4ccnc(F)c4Br)cnc3c2)cc1.Cc1cc(-c2cnc3cc(-c4ccc(OC(C)C)cc4)ccn23)ccn1.c1cc(-c2cnc3cc(-c4ccc(OCCN5CCCCC5)cc4)ccn23)ccn1.c1cc(-c2cnc3cc(-c4ccc(OCCN5CCOCC5)cc4)ccn23)ccn1.c1ccc2c(-c3cnc4cc(-c5ccc6c(c5)OCCO6)ccn34)ccnc2c1. The third-order valence-corrected chi connectivity index (χ3v) is 25.8. The van der Waals surface area contributed by atoms with Crippen LogP contribution in [-0.4, -0.2) is 173 Å². The minimum atomic E-state index is -0.539. The fraction of sp³-hybridized carbons (Fsp3) is 0.190. The Morgan fingerprint density at radius 1 is 0.331 bits per heavy atom. The van der Waals surface area contributed by atoms with Gasteiger partial charge in [-0.25, -0.2) is 29.9 Å². The molecule has 24 rings (SSSR count). The van der Waals surface area contributed by atoms with Crippen LogP contribution in [0.25, 0.3) is 151 Å². The highest BCUT2D eigenvalue weighted by atomic mass is 79.9. The molecule has 0 N–H and O–H groups in total. The van der Waals surface area contributed by atoms with E-state index in [1.54, 1.807) is 37.1 Å². The number of hydrogen-bond acceptors (Lipinski definition) is 19. The molecule has 26 heteroatoms. The number of aryl methyl sites for hydroxylation is 1. The van der Waals surface area contributed by atoms with Gasteiger partial charge in [0.1, 0.15) is 77.7 Å². The highest BCUT2D eigenvalue weighted by Gasteiger charge is 2.21. The van der Waals surface area contributed by atoms with Gasteiger partial charge < -0.3 is 33.2 Å². The summed E-state index contributed by atoms with van der Waals surface area (Å²) < 4.78 is 64.5. The molecule has 21 aromatic rings. The first-order valence-corrected chi connectivity index (χ1v) is 48.7. The summed E-state index contributed by atoms with van der Waals surface area (Å²) in [5, 5.41) is 1.12. The van der Waals surface area contributed by atoms with Crippen molar-refractivity contribution in [1.82, 2.24) is 81.6 Å². The van der Waals surface area contributed by atoms with Crippen LogP contribution in [0.5, 0.6) is 34.5 Å². The molecule has 0 radical (unpaired) electrons. The molecule has 142 heavy (non-hydrogen) atoms. The van der Waals surface area contributed by atoms with Crippen molar-refractivity contribution in [2.75, 3.05) is 78.9 Å². The van der Waals surface area contributed by atoms with Gasteiger partial charge in [-0.2, -0.15) is 4.39 Å². The number of piperidine rings is 1. The van der Waals surface area contributed by atoms with Gasteiger partial charge in [0, 0.05) is 139 Å². The molecule has 0 bridgehead atoms. The zero-order valence-electron chi connectivity index (χ0n) is 79.5. The number of ether oxygens (including phenoxy) is 7. The Labute approximate surface area is 830 Å². The topological polar surface area (TPSA) is 222 Å². The number of morpholine rings is 1. The number of rotatable bonds is 22. The molecule has 15 aromatic heterocycles. The average molecular weight is 1950 g/mol. The Bertz CT molecular complexity index is 7700. The number of imidazole rings is 5. The van der Waals surface area contributed by atoms with Crippen molar-refractivity contribution in [3.8, 4) is 146 Å². The number of benzene rings is 6. The second-order valence-electron chi connectivity index (χ2n) is 35.3. The van der Waals surface area contributed by atoms with E-state index in [0.717, 1.165) is 232 Å². The molecule has 18 heterocycles. The number of para-hydroxylation sites is 1. The van der Waals surface area contributed by atoms with Crippen molar-refractivity contribution in [1.29, 1.82) is 0 Å². The molecule has 6 aromatic carbocycles. The lowest BCUT2D eigenvalue weighted by molar-refractivity contribution is 0.0322. The fourth-order valence-electron chi connectivity index (χ4n) is 17.8. The van der Waals surface area contributed by atoms with E-state index in [1.807, 2.05) is 210 Å². The van der Waals surface area contributed by atoms with Crippen LogP contribution in [0.15, 0.2) is 359 Å². The van der Waals surface area contributed by atoms with Crippen molar-refractivity contribution in [2.45, 2.75) is 66.1 Å². The summed E-state index contributed by atoms with van der Waals surface area (Å²) in [5.74, 6) is 4.62. The Hall–Kier alpha value is -16.1. The maximum atomic E-state index is 13.8. The highest BCUT2D eigenvalue weighted by Crippen LogP contribution is 2.39. The maximum absolute atomic E-state index is 13.8. The van der Waals surface area contributed by atoms with Gasteiger partial charge in [-0.05, 0) is 308 Å². The molecular weight excluding hydrogens is 1840 g/mol. The van der Waals surface area contributed by atoms with E-state index >= 15 is 0 Å². The first-order valence-electron chi connectivity index (χ1n) is 47.9. The molecule has 0 amide bonds. The quantitative estimate of drug-likeness (QED) is 0.0575. The van der Waals surface area contributed by atoms with E-state index in [4.69, 9.17) is 33.2 Å². The van der Waals surface area contributed by atoms with E-state index in [-0.39, 0.29) is 12.2 Å². The van der Waals surface area contributed by atoms with E-state index < -0.39 is 5.95 Å². The number of nitrogens with zero attached hydrogens (tertiary/aromatic N) is 17. The molecule has 24 nitrogen and oxygen atoms in total. The first-order chi connectivity index (χ1) is 69.7. The van der Waals surface area contributed by atoms with E-state index in [9.17, 15) is 4.39 Å². The van der Waals surface area contributed by atoms with Gasteiger partial charge in [-0.3, -0.25) is 51.7 Å². The van der Waals surface area contributed by atoms with Crippen LogP contribution >= 0.6 is 15.9 Å². The molecule has 710 valence electrons. The number of likely N-dealkylation sites (tertiary alicyclic amines) is 1. The maximum Gasteiger partial charge on any atom is 0.227 e. The molecule has 3 aliphatic rings. The highest BCUT2D eigenvalue weighted by molar-refractivity contribution is 9.10. The summed E-state index contributed by atoms with van der Waals surface area (Å²) in [6.45, 7) is 20.7. The second kappa shape index (κ2) is 43.9. The van der Waals surface area contributed by atoms with Crippen molar-refractivity contribution in [3.05, 3.63) is 370 Å². The summed E-state index contributed by atoms with van der Waals surface area (Å²) in [6.07, 6.45) is 36.3. The van der Waals surface area contributed by atoms with Crippen LogP contribution in [0.1, 0.15) is 52.7 Å². The normalized spacial score (nSPS) is 13.1. The van der Waals surface area contributed by atoms with E-state index in [0.29, 0.717) is 29.9 Å². The lowest BCUT2D eigenvalue weighted by Gasteiger charge is -2.26. The summed E-state index contributed by atoms with van der Waals surface area (Å²) in [5.41, 5.74) is 27.8. The predicted molar refractivity (Wildman–Crippen MR) is 560 cm³/mol. The summed E-state index contributed by atoms with van der Waals surface area (Å²) in [6, 6.07) is 83.8. The standard InChI is InChI=1S/C25H26N4O.C24H24N4O2.C24H17N3O2.C22H21N3O.C21H17BrFN3O/c1-2-13-28(14-3-1)16-17-30-23-6-4-20(5-7-23)22-10-15-29-24(19-27-25(29)18-22)21-8-11-26-12-9-21;1-3-22(30-16-13-27-11-14-29-15-12-27)4-2-19(1)21-7-10-28-23(18-26-24(28)17-21)20-5-8-25-9-6-20;1-2-4-20-18(3-1)19(7-9-25-20)21-15-26-24-14-17(8-10-27(21)24)16-5-6-22-23(13-16)29-12-11-28-22;1-15(2)26-20-6-4-17(5-7-20)18-9-11-25-21(14-24-22(25)13-18)19-8-10-23-16(3)12-19;1-13(2)27-16-5-3-14(4-6-16)15-8-10-26-18(12-25-19(26)11-15)17-7-9-24-21(23)20(17)22/h4-12,15,18-19H,1-3,13-14,16-17H2;1-10,17-18H,11-16H2;1-10,13-15H,11-12H2;4-15H,1-3H3;3-13H,1-2H3. The molecule has 0 atom stereocenters. The molecule has 2 saturated heterocycles. The van der Waals surface area contributed by atoms with Crippen LogP contribution in [-0.2, 0) is 4.74 Å². The molecule has 0 unspecified atom stereocenters. The number of aromatic nitrogens is 15. The third kappa shape index (κ3) is 22.1.